The predicted octanol–water partition coefficient (Wildman–Crippen LogP) is 3.56. The summed E-state index contributed by atoms with van der Waals surface area (Å²) in [6, 6.07) is 6.52. The van der Waals surface area contributed by atoms with Gasteiger partial charge in [-0.1, -0.05) is 11.6 Å². The Balaban J connectivity index is 1.05. The van der Waals surface area contributed by atoms with Gasteiger partial charge >= 0.3 is 0 Å². The second kappa shape index (κ2) is 10.7. The number of nitrogens with one attached hydrogen (secondary N) is 2. The van der Waals surface area contributed by atoms with Gasteiger partial charge < -0.3 is 20.3 Å². The zero-order valence-corrected chi connectivity index (χ0v) is 20.5. The Morgan fingerprint density at radius 2 is 1.89 bits per heavy atom. The Morgan fingerprint density at radius 1 is 1.11 bits per heavy atom. The van der Waals surface area contributed by atoms with E-state index in [2.05, 4.69) is 30.6 Å². The summed E-state index contributed by atoms with van der Waals surface area (Å²) in [5.74, 6) is 2.08. The standard InChI is InChI=1S/C25H30ClN7O2/c1-33(20-14-35-15-20)22(34)10-17-12-29-25(30-13-17)28-11-16-2-5-19(6-3-16)31-21-7-4-18-8-9-27-24(26)23(18)32-21/h4,7-9,12-13,16,19-20H,2-3,5-6,10-11,14-15H2,1H3,(H,31,32)(H,28,29,30)/t16-,19-. The van der Waals surface area contributed by atoms with Crippen LogP contribution in [-0.4, -0.2) is 69.6 Å². The molecule has 35 heavy (non-hydrogen) atoms. The number of hydrogen-bond donors (Lipinski definition) is 2. The van der Waals surface area contributed by atoms with Crippen molar-refractivity contribution in [2.75, 3.05) is 37.4 Å². The van der Waals surface area contributed by atoms with Crippen LogP contribution < -0.4 is 10.6 Å². The van der Waals surface area contributed by atoms with Crippen molar-refractivity contribution < 1.29 is 9.53 Å². The lowest BCUT2D eigenvalue weighted by molar-refractivity contribution is -0.140. The van der Waals surface area contributed by atoms with Gasteiger partial charge in [-0.3, -0.25) is 4.79 Å². The van der Waals surface area contributed by atoms with Crippen LogP contribution in [0.5, 0.6) is 0 Å². The lowest BCUT2D eigenvalue weighted by Crippen LogP contribution is -2.50. The maximum atomic E-state index is 12.4. The summed E-state index contributed by atoms with van der Waals surface area (Å²) in [6.45, 7) is 2.07. The summed E-state index contributed by atoms with van der Waals surface area (Å²) < 4.78 is 5.16. The van der Waals surface area contributed by atoms with E-state index in [0.29, 0.717) is 42.7 Å². The second-order valence-electron chi connectivity index (χ2n) is 9.40. The molecule has 3 aromatic heterocycles. The molecule has 0 bridgehead atoms. The Labute approximate surface area is 209 Å². The number of fused-ring (bicyclic) bond motifs is 1. The van der Waals surface area contributed by atoms with Crippen LogP contribution in [0.2, 0.25) is 5.15 Å². The van der Waals surface area contributed by atoms with Gasteiger partial charge in [0, 0.05) is 43.6 Å². The maximum Gasteiger partial charge on any atom is 0.227 e. The van der Waals surface area contributed by atoms with E-state index < -0.39 is 0 Å². The van der Waals surface area contributed by atoms with Crippen LogP contribution in [0.1, 0.15) is 31.2 Å². The third kappa shape index (κ3) is 5.79. The summed E-state index contributed by atoms with van der Waals surface area (Å²) in [5, 5.41) is 8.33. The van der Waals surface area contributed by atoms with Crippen LogP contribution in [0, 0.1) is 5.92 Å². The third-order valence-electron chi connectivity index (χ3n) is 6.93. The molecule has 1 amide bonds. The summed E-state index contributed by atoms with van der Waals surface area (Å²) >= 11 is 6.20. The molecule has 1 saturated carbocycles. The van der Waals surface area contributed by atoms with Crippen LogP contribution in [0.4, 0.5) is 11.8 Å². The first kappa shape index (κ1) is 23.7. The number of likely N-dealkylation sites (N-methyl/N-ethyl adjacent to an activating group) is 1. The number of carbonyl (C=O) groups is 1. The number of rotatable bonds is 8. The Kier molecular flexibility index (Phi) is 7.24. The quantitative estimate of drug-likeness (QED) is 0.457. The summed E-state index contributed by atoms with van der Waals surface area (Å²) in [5.41, 5.74) is 1.55. The minimum atomic E-state index is 0.0617. The van der Waals surface area contributed by atoms with E-state index in [1.54, 1.807) is 23.5 Å². The van der Waals surface area contributed by atoms with Gasteiger partial charge in [-0.25, -0.2) is 19.9 Å². The number of carbonyl (C=O) groups excluding carboxylic acids is 1. The minimum Gasteiger partial charge on any atom is -0.377 e. The summed E-state index contributed by atoms with van der Waals surface area (Å²) in [6.07, 6.45) is 9.85. The van der Waals surface area contributed by atoms with Gasteiger partial charge in [0.25, 0.3) is 0 Å². The van der Waals surface area contributed by atoms with Crippen molar-refractivity contribution in [2.45, 2.75) is 44.2 Å². The van der Waals surface area contributed by atoms with Crippen molar-refractivity contribution in [1.82, 2.24) is 24.8 Å². The molecule has 1 aliphatic heterocycles. The van der Waals surface area contributed by atoms with Gasteiger partial charge in [0.05, 0.1) is 25.7 Å². The highest BCUT2D eigenvalue weighted by Gasteiger charge is 2.26. The number of amides is 1. The lowest BCUT2D eigenvalue weighted by atomic mass is 9.86. The number of nitrogens with zero attached hydrogens (tertiary/aromatic N) is 5. The molecule has 0 aromatic carbocycles. The number of halogens is 1. The molecular weight excluding hydrogens is 466 g/mol. The molecule has 0 spiro atoms. The monoisotopic (exact) mass is 495 g/mol. The van der Waals surface area contributed by atoms with E-state index in [4.69, 9.17) is 16.3 Å². The molecule has 184 valence electrons. The largest absolute Gasteiger partial charge is 0.377 e. The van der Waals surface area contributed by atoms with E-state index in [-0.39, 0.29) is 11.9 Å². The van der Waals surface area contributed by atoms with E-state index in [1.807, 2.05) is 25.2 Å². The smallest absolute Gasteiger partial charge is 0.227 e. The summed E-state index contributed by atoms with van der Waals surface area (Å²) in [4.78, 5) is 31.7. The molecule has 9 nitrogen and oxygen atoms in total. The first-order valence-corrected chi connectivity index (χ1v) is 12.5. The first-order valence-electron chi connectivity index (χ1n) is 12.1. The number of ether oxygens (including phenoxy) is 1. The Hall–Kier alpha value is -3.04. The van der Waals surface area contributed by atoms with Crippen LogP contribution >= 0.6 is 11.6 Å². The van der Waals surface area contributed by atoms with Crippen molar-refractivity contribution in [3.8, 4) is 0 Å². The molecular formula is C25H30ClN7O2. The molecule has 0 atom stereocenters. The predicted molar refractivity (Wildman–Crippen MR) is 136 cm³/mol. The highest BCUT2D eigenvalue weighted by atomic mass is 35.5. The van der Waals surface area contributed by atoms with Crippen molar-refractivity contribution in [2.24, 2.45) is 5.92 Å². The number of hydrogen-bond acceptors (Lipinski definition) is 8. The lowest BCUT2D eigenvalue weighted by Gasteiger charge is -2.34. The number of aromatic nitrogens is 4. The van der Waals surface area contributed by atoms with Crippen LogP contribution in [-0.2, 0) is 16.0 Å². The molecule has 4 heterocycles. The molecule has 2 N–H and O–H groups in total. The zero-order valence-electron chi connectivity index (χ0n) is 19.8. The molecule has 5 rings (SSSR count). The van der Waals surface area contributed by atoms with Gasteiger partial charge in [0.1, 0.15) is 11.3 Å². The van der Waals surface area contributed by atoms with E-state index in [1.165, 1.54) is 0 Å². The summed E-state index contributed by atoms with van der Waals surface area (Å²) in [7, 11) is 1.82. The van der Waals surface area contributed by atoms with E-state index in [0.717, 1.165) is 54.5 Å². The fraction of sp³-hybridized carbons (Fsp3) is 0.480. The SMILES string of the molecule is CN(C(=O)Cc1cnc(NC[C@H]2CC[C@H](Nc3ccc4ccnc(Cl)c4n3)CC2)nc1)C1COC1. The zero-order chi connectivity index (χ0) is 24.2. The van der Waals surface area contributed by atoms with E-state index >= 15 is 0 Å². The minimum absolute atomic E-state index is 0.0617. The van der Waals surface area contributed by atoms with Gasteiger partial charge in [-0.15, -0.1) is 0 Å². The van der Waals surface area contributed by atoms with Gasteiger partial charge in [-0.05, 0) is 55.4 Å². The molecule has 10 heteroatoms. The molecule has 0 unspecified atom stereocenters. The van der Waals surface area contributed by atoms with Gasteiger partial charge in [-0.2, -0.15) is 0 Å². The van der Waals surface area contributed by atoms with Gasteiger partial charge in [0.15, 0.2) is 5.15 Å². The highest BCUT2D eigenvalue weighted by Crippen LogP contribution is 2.28. The van der Waals surface area contributed by atoms with Crippen molar-refractivity contribution >= 4 is 40.2 Å². The molecule has 0 radical (unpaired) electrons. The molecule has 1 saturated heterocycles. The van der Waals surface area contributed by atoms with E-state index in [9.17, 15) is 4.79 Å². The molecule has 1 aliphatic carbocycles. The van der Waals surface area contributed by atoms with Crippen LogP contribution in [0.25, 0.3) is 10.9 Å². The number of anilines is 2. The Morgan fingerprint density at radius 3 is 2.60 bits per heavy atom. The van der Waals surface area contributed by atoms with Crippen LogP contribution in [0.15, 0.2) is 36.8 Å². The van der Waals surface area contributed by atoms with Gasteiger partial charge in [0.2, 0.25) is 11.9 Å². The average Bonchev–Trinajstić information content (AvgIpc) is 2.84. The normalized spacial score (nSPS) is 20.3. The average molecular weight is 496 g/mol. The second-order valence-corrected chi connectivity index (χ2v) is 9.76. The highest BCUT2D eigenvalue weighted by molar-refractivity contribution is 6.33. The van der Waals surface area contributed by atoms with Crippen molar-refractivity contribution in [3.05, 3.63) is 47.5 Å². The van der Waals surface area contributed by atoms with Crippen LogP contribution in [0.3, 0.4) is 0 Å². The fourth-order valence-electron chi connectivity index (χ4n) is 4.54. The third-order valence-corrected chi connectivity index (χ3v) is 7.21. The Bertz CT molecular complexity index is 1160. The van der Waals surface area contributed by atoms with Crippen molar-refractivity contribution in [1.29, 1.82) is 0 Å². The topological polar surface area (TPSA) is 105 Å². The first-order chi connectivity index (χ1) is 17.0. The molecule has 2 aliphatic rings. The molecule has 2 fully saturated rings. The fourth-order valence-corrected chi connectivity index (χ4v) is 4.74. The maximum absolute atomic E-state index is 12.4. The molecule has 3 aromatic rings. The van der Waals surface area contributed by atoms with Crippen molar-refractivity contribution in [3.63, 3.8) is 0 Å². The number of pyridine rings is 2.